The van der Waals surface area contributed by atoms with Crippen molar-refractivity contribution in [3.05, 3.63) is 71.7 Å². The number of hydrogen-bond donors (Lipinski definition) is 0. The van der Waals surface area contributed by atoms with Crippen molar-refractivity contribution in [2.75, 3.05) is 7.05 Å². The lowest BCUT2D eigenvalue weighted by Crippen LogP contribution is -2.33. The molecule has 1 amide bonds. The van der Waals surface area contributed by atoms with Crippen molar-refractivity contribution in [3.8, 4) is 17.3 Å². The fraction of sp³-hybridized carbons (Fsp3) is 0.261. The Morgan fingerprint density at radius 1 is 1.24 bits per heavy atom. The molecule has 0 unspecified atom stereocenters. The number of aromatic nitrogens is 2. The summed E-state index contributed by atoms with van der Waals surface area (Å²) in [6, 6.07) is 8.50. The minimum Gasteiger partial charge on any atom is -0.444 e. The maximum atomic E-state index is 14.4. The van der Waals surface area contributed by atoms with E-state index in [4.69, 9.17) is 4.74 Å². The fourth-order valence-corrected chi connectivity index (χ4v) is 4.59. The number of ether oxygens (including phenoxy) is 1. The summed E-state index contributed by atoms with van der Waals surface area (Å²) in [5.41, 5.74) is -0.211. The molecule has 0 aliphatic heterocycles. The number of amides is 1. The minimum atomic E-state index is -4.55. The predicted octanol–water partition coefficient (Wildman–Crippen LogP) is 4.30. The largest absolute Gasteiger partial charge is 0.444 e. The molecule has 8 nitrogen and oxygen atoms in total. The molecule has 0 fully saturated rings. The zero-order valence-electron chi connectivity index (χ0n) is 18.9. The highest BCUT2D eigenvalue weighted by molar-refractivity contribution is 7.90. The van der Waals surface area contributed by atoms with Crippen LogP contribution in [0.4, 0.5) is 13.6 Å². The number of rotatable bonds is 5. The van der Waals surface area contributed by atoms with Gasteiger partial charge < -0.3 is 9.64 Å². The Morgan fingerprint density at radius 2 is 1.94 bits per heavy atom. The Morgan fingerprint density at radius 3 is 2.56 bits per heavy atom. The first-order valence-corrected chi connectivity index (χ1v) is 11.5. The molecule has 1 aromatic carbocycles. The van der Waals surface area contributed by atoms with Crippen molar-refractivity contribution in [1.29, 1.82) is 5.26 Å². The first-order chi connectivity index (χ1) is 15.8. The molecule has 0 aliphatic carbocycles. The zero-order valence-corrected chi connectivity index (χ0v) is 19.7. The van der Waals surface area contributed by atoms with Gasteiger partial charge in [-0.25, -0.2) is 30.9 Å². The molecule has 178 valence electrons. The molecule has 34 heavy (non-hydrogen) atoms. The topological polar surface area (TPSA) is 105 Å². The van der Waals surface area contributed by atoms with Crippen molar-refractivity contribution in [2.45, 2.75) is 37.8 Å². The van der Waals surface area contributed by atoms with E-state index >= 15 is 0 Å². The Labute approximate surface area is 196 Å². The second-order valence-electron chi connectivity index (χ2n) is 8.46. The minimum absolute atomic E-state index is 0.0287. The van der Waals surface area contributed by atoms with Gasteiger partial charge in [-0.15, -0.1) is 0 Å². The first-order valence-electron chi connectivity index (χ1n) is 10.0. The standard InChI is InChI=1S/C23H22F2N4O4S/c1-23(2,3)33-22(30)28(4)13-15-10-20(17-6-5-9-27-19(17)12-26)29(14-15)34(31,32)21-8-7-16(24)11-18(21)25/h5-11,14H,13H2,1-4H3. The number of nitriles is 1. The molecule has 0 spiro atoms. The van der Waals surface area contributed by atoms with Crippen LogP contribution < -0.4 is 0 Å². The summed E-state index contributed by atoms with van der Waals surface area (Å²) in [6.45, 7) is 5.09. The van der Waals surface area contributed by atoms with Gasteiger partial charge in [-0.1, -0.05) is 0 Å². The Kier molecular flexibility index (Phi) is 6.74. The van der Waals surface area contributed by atoms with Crippen LogP contribution in [0.25, 0.3) is 11.3 Å². The molecule has 0 N–H and O–H groups in total. The summed E-state index contributed by atoms with van der Waals surface area (Å²) >= 11 is 0. The summed E-state index contributed by atoms with van der Waals surface area (Å²) in [5.74, 6) is -2.19. The average molecular weight is 489 g/mol. The molecular weight excluding hydrogens is 466 g/mol. The van der Waals surface area contributed by atoms with E-state index in [0.29, 0.717) is 11.6 Å². The van der Waals surface area contributed by atoms with Gasteiger partial charge >= 0.3 is 6.09 Å². The lowest BCUT2D eigenvalue weighted by molar-refractivity contribution is 0.0285. The summed E-state index contributed by atoms with van der Waals surface area (Å²) in [7, 11) is -3.07. The van der Waals surface area contributed by atoms with Crippen LogP contribution in [0.5, 0.6) is 0 Å². The van der Waals surface area contributed by atoms with Gasteiger partial charge in [0.2, 0.25) is 0 Å². The fourth-order valence-electron chi connectivity index (χ4n) is 3.15. The van der Waals surface area contributed by atoms with Crippen molar-refractivity contribution in [1.82, 2.24) is 13.9 Å². The normalized spacial score (nSPS) is 11.7. The number of hydrogen-bond acceptors (Lipinski definition) is 6. The Balaban J connectivity index is 2.14. The molecule has 0 bridgehead atoms. The molecule has 0 aliphatic rings. The van der Waals surface area contributed by atoms with Gasteiger partial charge in [-0.2, -0.15) is 5.26 Å². The van der Waals surface area contributed by atoms with Gasteiger partial charge in [0.25, 0.3) is 10.0 Å². The summed E-state index contributed by atoms with van der Waals surface area (Å²) in [6.07, 6.45) is 1.96. The van der Waals surface area contributed by atoms with E-state index in [0.717, 1.165) is 16.1 Å². The number of benzene rings is 1. The highest BCUT2D eigenvalue weighted by Gasteiger charge is 2.27. The second-order valence-corrected chi connectivity index (χ2v) is 10.2. The van der Waals surface area contributed by atoms with Crippen LogP contribution in [0.1, 0.15) is 32.0 Å². The summed E-state index contributed by atoms with van der Waals surface area (Å²) in [4.78, 5) is 16.8. The van der Waals surface area contributed by atoms with Gasteiger partial charge in [0, 0.05) is 31.1 Å². The molecule has 0 saturated carbocycles. The third kappa shape index (κ3) is 5.23. The van der Waals surface area contributed by atoms with E-state index in [-0.39, 0.29) is 23.5 Å². The lowest BCUT2D eigenvalue weighted by Gasteiger charge is -2.24. The van der Waals surface area contributed by atoms with E-state index in [2.05, 4.69) is 4.98 Å². The number of nitrogens with zero attached hydrogens (tertiary/aromatic N) is 4. The molecule has 3 aromatic rings. The van der Waals surface area contributed by atoms with Crippen LogP contribution in [-0.4, -0.2) is 41.0 Å². The molecule has 2 heterocycles. The van der Waals surface area contributed by atoms with E-state index in [1.54, 1.807) is 20.8 Å². The number of carbonyl (C=O) groups excluding carboxylic acids is 1. The number of carbonyl (C=O) groups is 1. The van der Waals surface area contributed by atoms with Gasteiger partial charge in [0.05, 0.1) is 12.2 Å². The van der Waals surface area contributed by atoms with Gasteiger partial charge in [0.1, 0.15) is 33.9 Å². The molecule has 3 rings (SSSR count). The van der Waals surface area contributed by atoms with E-state index in [1.807, 2.05) is 6.07 Å². The quantitative estimate of drug-likeness (QED) is 0.530. The monoisotopic (exact) mass is 488 g/mol. The maximum Gasteiger partial charge on any atom is 0.410 e. The highest BCUT2D eigenvalue weighted by Crippen LogP contribution is 2.30. The molecule has 0 saturated heterocycles. The first kappa shape index (κ1) is 24.9. The molecule has 2 aromatic heterocycles. The van der Waals surface area contributed by atoms with Crippen molar-refractivity contribution in [2.24, 2.45) is 0 Å². The van der Waals surface area contributed by atoms with Crippen LogP contribution in [0.3, 0.4) is 0 Å². The lowest BCUT2D eigenvalue weighted by atomic mass is 10.1. The highest BCUT2D eigenvalue weighted by atomic mass is 32.2. The third-order valence-corrected chi connectivity index (χ3v) is 6.29. The SMILES string of the molecule is CN(Cc1cc(-c2cccnc2C#N)n(S(=O)(=O)c2ccc(F)cc2F)c1)C(=O)OC(C)(C)C. The molecule has 0 atom stereocenters. The van der Waals surface area contributed by atoms with Gasteiger partial charge in [-0.3, -0.25) is 0 Å². The summed E-state index contributed by atoms with van der Waals surface area (Å²) in [5, 5.41) is 9.46. The smallest absolute Gasteiger partial charge is 0.410 e. The number of halogens is 2. The molecule has 0 radical (unpaired) electrons. The maximum absolute atomic E-state index is 14.4. The molecule has 11 heteroatoms. The number of pyridine rings is 1. The Bertz CT molecular complexity index is 1390. The summed E-state index contributed by atoms with van der Waals surface area (Å²) < 4.78 is 60.7. The molecular formula is C23H22F2N4O4S. The van der Waals surface area contributed by atoms with Crippen LogP contribution in [0.2, 0.25) is 0 Å². The van der Waals surface area contributed by atoms with Crippen LogP contribution in [0, 0.1) is 23.0 Å². The third-order valence-electron chi connectivity index (χ3n) is 4.59. The zero-order chi connectivity index (χ0) is 25.3. The van der Waals surface area contributed by atoms with E-state index in [9.17, 15) is 27.3 Å². The van der Waals surface area contributed by atoms with Gasteiger partial charge in [0.15, 0.2) is 0 Å². The predicted molar refractivity (Wildman–Crippen MR) is 119 cm³/mol. The van der Waals surface area contributed by atoms with Crippen LogP contribution in [-0.2, 0) is 21.3 Å². The van der Waals surface area contributed by atoms with Crippen LogP contribution in [0.15, 0.2) is 53.7 Å². The van der Waals surface area contributed by atoms with E-state index < -0.39 is 38.2 Å². The van der Waals surface area contributed by atoms with E-state index in [1.165, 1.54) is 42.5 Å². The van der Waals surface area contributed by atoms with Crippen molar-refractivity contribution >= 4 is 16.1 Å². The van der Waals surface area contributed by atoms with Crippen molar-refractivity contribution in [3.63, 3.8) is 0 Å². The Hall–Kier alpha value is -3.78. The second kappa shape index (κ2) is 9.23. The van der Waals surface area contributed by atoms with Crippen molar-refractivity contribution < 1.29 is 26.7 Å². The van der Waals surface area contributed by atoms with Gasteiger partial charge in [-0.05, 0) is 56.7 Å². The van der Waals surface area contributed by atoms with Crippen LogP contribution >= 0.6 is 0 Å². The average Bonchev–Trinajstić information content (AvgIpc) is 3.16.